The highest BCUT2D eigenvalue weighted by atomic mass is 32.1. The minimum Gasteiger partial charge on any atom is -0.401 e. The largest absolute Gasteiger partial charge is 0.401 e. The molecule has 1 nitrogen and oxygen atoms in total. The first-order chi connectivity index (χ1) is 10.3. The van der Waals surface area contributed by atoms with Gasteiger partial charge >= 0.3 is 0 Å². The van der Waals surface area contributed by atoms with Gasteiger partial charge in [-0.15, -0.1) is 11.3 Å². The Bertz CT molecular complexity index is 866. The van der Waals surface area contributed by atoms with Crippen LogP contribution in [-0.2, 0) is 6.42 Å². The van der Waals surface area contributed by atoms with E-state index < -0.39 is 0 Å². The van der Waals surface area contributed by atoms with Crippen LogP contribution >= 0.6 is 11.3 Å². The lowest BCUT2D eigenvalue weighted by atomic mass is 9.94. The third-order valence-corrected chi connectivity index (χ3v) is 5.34. The summed E-state index contributed by atoms with van der Waals surface area (Å²) < 4.78 is 1.36. The Morgan fingerprint density at radius 1 is 1.10 bits per heavy atom. The van der Waals surface area contributed by atoms with Crippen LogP contribution in [0.15, 0.2) is 48.6 Å². The molecule has 4 rings (SSSR count). The van der Waals surface area contributed by atoms with Crippen molar-refractivity contribution >= 4 is 28.7 Å². The average Bonchev–Trinajstić information content (AvgIpc) is 2.76. The van der Waals surface area contributed by atoms with E-state index in [2.05, 4.69) is 54.6 Å². The molecule has 0 bridgehead atoms. The van der Waals surface area contributed by atoms with E-state index in [1.54, 1.807) is 0 Å². The molecule has 21 heavy (non-hydrogen) atoms. The van der Waals surface area contributed by atoms with Crippen molar-refractivity contribution in [2.45, 2.75) is 19.3 Å². The topological polar surface area (TPSA) is 26.0 Å². The van der Waals surface area contributed by atoms with Crippen molar-refractivity contribution in [1.29, 1.82) is 0 Å². The van der Waals surface area contributed by atoms with E-state index in [9.17, 15) is 0 Å². The highest BCUT2D eigenvalue weighted by Gasteiger charge is 2.18. The second-order valence-corrected chi connectivity index (χ2v) is 6.62. The zero-order valence-electron chi connectivity index (χ0n) is 11.8. The molecule has 0 radical (unpaired) electrons. The summed E-state index contributed by atoms with van der Waals surface area (Å²) in [6.07, 6.45) is 12.0. The number of allylic oxidation sites excluding steroid dienone is 3. The molecule has 0 saturated carbocycles. The minimum absolute atomic E-state index is 0.978. The fourth-order valence-electron chi connectivity index (χ4n) is 3.15. The van der Waals surface area contributed by atoms with Gasteiger partial charge in [-0.05, 0) is 24.0 Å². The SMILES string of the molecule is NC1=c2c3c(sc2=CCC1)CC=CC=C3c1ccccc1. The van der Waals surface area contributed by atoms with E-state index in [-0.39, 0.29) is 0 Å². The molecule has 1 aromatic carbocycles. The van der Waals surface area contributed by atoms with Crippen LogP contribution in [0.1, 0.15) is 28.8 Å². The Morgan fingerprint density at radius 2 is 1.95 bits per heavy atom. The number of fused-ring (bicyclic) bond motifs is 3. The molecule has 0 aliphatic heterocycles. The van der Waals surface area contributed by atoms with Crippen LogP contribution in [-0.4, -0.2) is 0 Å². The normalized spacial score (nSPS) is 16.6. The molecule has 2 heteroatoms. The smallest absolute Gasteiger partial charge is 0.0329 e. The van der Waals surface area contributed by atoms with Crippen LogP contribution in [0.3, 0.4) is 0 Å². The lowest BCUT2D eigenvalue weighted by Crippen LogP contribution is -2.30. The molecule has 2 aromatic rings. The van der Waals surface area contributed by atoms with Gasteiger partial charge in [0.15, 0.2) is 0 Å². The van der Waals surface area contributed by atoms with Crippen LogP contribution in [0.2, 0.25) is 0 Å². The zero-order chi connectivity index (χ0) is 14.2. The Kier molecular flexibility index (Phi) is 3.04. The average molecular weight is 291 g/mol. The summed E-state index contributed by atoms with van der Waals surface area (Å²) in [7, 11) is 0. The molecular formula is C19H17NS. The number of hydrogen-bond donors (Lipinski definition) is 1. The molecule has 2 aliphatic rings. The van der Waals surface area contributed by atoms with E-state index in [1.165, 1.54) is 31.3 Å². The van der Waals surface area contributed by atoms with Gasteiger partial charge in [0.05, 0.1) is 0 Å². The van der Waals surface area contributed by atoms with Gasteiger partial charge in [0.25, 0.3) is 0 Å². The molecule has 0 spiro atoms. The first kappa shape index (κ1) is 12.7. The zero-order valence-corrected chi connectivity index (χ0v) is 12.6. The number of benzene rings is 1. The van der Waals surface area contributed by atoms with Crippen LogP contribution < -0.4 is 15.5 Å². The van der Waals surface area contributed by atoms with Gasteiger partial charge in [-0.2, -0.15) is 0 Å². The second-order valence-electron chi connectivity index (χ2n) is 5.49. The summed E-state index contributed by atoms with van der Waals surface area (Å²) in [5.74, 6) is 0. The van der Waals surface area contributed by atoms with Gasteiger partial charge in [-0.25, -0.2) is 0 Å². The molecule has 1 heterocycles. The van der Waals surface area contributed by atoms with Crippen LogP contribution in [0.4, 0.5) is 0 Å². The van der Waals surface area contributed by atoms with Gasteiger partial charge in [0.1, 0.15) is 0 Å². The molecule has 0 saturated heterocycles. The quantitative estimate of drug-likeness (QED) is 0.859. The highest BCUT2D eigenvalue weighted by Crippen LogP contribution is 2.29. The summed E-state index contributed by atoms with van der Waals surface area (Å²) in [4.78, 5) is 1.44. The van der Waals surface area contributed by atoms with Crippen LogP contribution in [0.5, 0.6) is 0 Å². The number of nitrogens with two attached hydrogens (primary N) is 1. The van der Waals surface area contributed by atoms with Gasteiger partial charge in [-0.3, -0.25) is 0 Å². The minimum atomic E-state index is 0.978. The summed E-state index contributed by atoms with van der Waals surface area (Å²) in [6, 6.07) is 10.6. The summed E-state index contributed by atoms with van der Waals surface area (Å²) in [6.45, 7) is 0. The van der Waals surface area contributed by atoms with Crippen molar-refractivity contribution in [3.8, 4) is 0 Å². The van der Waals surface area contributed by atoms with Gasteiger partial charge < -0.3 is 5.73 Å². The molecule has 0 amide bonds. The summed E-state index contributed by atoms with van der Waals surface area (Å²) in [5.41, 5.74) is 11.3. The Morgan fingerprint density at radius 3 is 2.81 bits per heavy atom. The van der Waals surface area contributed by atoms with E-state index in [1.807, 2.05) is 11.3 Å². The molecule has 2 aliphatic carbocycles. The first-order valence-electron chi connectivity index (χ1n) is 7.38. The highest BCUT2D eigenvalue weighted by molar-refractivity contribution is 7.10. The fourth-order valence-corrected chi connectivity index (χ4v) is 4.45. The van der Waals surface area contributed by atoms with Gasteiger partial charge in [-0.1, -0.05) is 54.6 Å². The standard InChI is InChI=1S/C19H17NS/c20-15-10-6-12-17-19(15)18-14(13-7-2-1-3-8-13)9-4-5-11-16(18)21-17/h1-5,7-9,12H,6,10-11,20H2. The van der Waals surface area contributed by atoms with Crippen molar-refractivity contribution in [3.63, 3.8) is 0 Å². The number of rotatable bonds is 1. The molecule has 2 N–H and O–H groups in total. The Labute approximate surface area is 128 Å². The number of hydrogen-bond acceptors (Lipinski definition) is 2. The third kappa shape index (κ3) is 2.07. The van der Waals surface area contributed by atoms with Gasteiger partial charge in [0, 0.05) is 32.3 Å². The van der Waals surface area contributed by atoms with E-state index in [0.29, 0.717) is 0 Å². The van der Waals surface area contributed by atoms with E-state index in [4.69, 9.17) is 5.73 Å². The molecule has 0 fully saturated rings. The summed E-state index contributed by atoms with van der Waals surface area (Å²) >= 11 is 1.90. The van der Waals surface area contributed by atoms with Gasteiger partial charge in [0.2, 0.25) is 0 Å². The van der Waals surface area contributed by atoms with Crippen LogP contribution in [0, 0.1) is 0 Å². The predicted molar refractivity (Wildman–Crippen MR) is 91.2 cm³/mol. The van der Waals surface area contributed by atoms with Crippen molar-refractivity contribution < 1.29 is 0 Å². The predicted octanol–water partition coefficient (Wildman–Crippen LogP) is 2.93. The molecule has 104 valence electrons. The van der Waals surface area contributed by atoms with E-state index in [0.717, 1.165) is 25.0 Å². The molecular weight excluding hydrogens is 274 g/mol. The maximum absolute atomic E-state index is 6.36. The fraction of sp³-hybridized carbons (Fsp3) is 0.158. The third-order valence-electron chi connectivity index (χ3n) is 4.13. The van der Waals surface area contributed by atoms with Crippen molar-refractivity contribution in [2.75, 3.05) is 0 Å². The lowest BCUT2D eigenvalue weighted by molar-refractivity contribution is 1.06. The van der Waals surface area contributed by atoms with Crippen molar-refractivity contribution in [1.82, 2.24) is 0 Å². The molecule has 0 unspecified atom stereocenters. The number of thiophene rings is 1. The maximum atomic E-state index is 6.36. The van der Waals surface area contributed by atoms with Crippen LogP contribution in [0.25, 0.3) is 17.3 Å². The molecule has 1 aromatic heterocycles. The summed E-state index contributed by atoms with van der Waals surface area (Å²) in [5, 5.41) is 1.29. The lowest BCUT2D eigenvalue weighted by Gasteiger charge is -2.10. The Balaban J connectivity index is 2.07. The Hall–Kier alpha value is -2.06. The molecule has 0 atom stereocenters. The van der Waals surface area contributed by atoms with Crippen molar-refractivity contribution in [3.05, 3.63) is 74.3 Å². The maximum Gasteiger partial charge on any atom is 0.0329 e. The monoisotopic (exact) mass is 291 g/mol. The van der Waals surface area contributed by atoms with Crippen molar-refractivity contribution in [2.24, 2.45) is 5.73 Å². The first-order valence-corrected chi connectivity index (χ1v) is 8.19. The van der Waals surface area contributed by atoms with E-state index >= 15 is 0 Å². The second kappa shape index (κ2) is 5.05.